The highest BCUT2D eigenvalue weighted by Crippen LogP contribution is 2.48. The second kappa shape index (κ2) is 7.43. The second-order valence-electron chi connectivity index (χ2n) is 8.22. The molecule has 0 saturated carbocycles. The maximum absolute atomic E-state index is 15.4. The van der Waals surface area contributed by atoms with E-state index in [1.54, 1.807) is 12.1 Å². The Morgan fingerprint density at radius 1 is 0.417 bits per heavy atom. The lowest BCUT2D eigenvalue weighted by molar-refractivity contribution is 0.415. The van der Waals surface area contributed by atoms with Gasteiger partial charge in [0.15, 0.2) is 46.5 Å². The van der Waals surface area contributed by atoms with Crippen LogP contribution in [-0.2, 0) is 0 Å². The molecule has 0 aliphatic carbocycles. The Morgan fingerprint density at radius 2 is 0.806 bits per heavy atom. The summed E-state index contributed by atoms with van der Waals surface area (Å²) < 4.78 is 124. The van der Waals surface area contributed by atoms with E-state index in [9.17, 15) is 17.6 Å². The van der Waals surface area contributed by atoms with Crippen molar-refractivity contribution < 1.29 is 39.9 Å². The summed E-state index contributed by atoms with van der Waals surface area (Å²) in [7, 11) is 1.38. The Kier molecular flexibility index (Phi) is 4.61. The summed E-state index contributed by atoms with van der Waals surface area (Å²) in [5, 5.41) is -4.07. The summed E-state index contributed by atoms with van der Waals surface area (Å²) in [6.07, 6.45) is 0. The smallest absolute Gasteiger partial charge is 0.198 e. The molecule has 0 bridgehead atoms. The third kappa shape index (κ3) is 2.60. The summed E-state index contributed by atoms with van der Waals surface area (Å²) in [6.45, 7) is 0. The van der Waals surface area contributed by atoms with Gasteiger partial charge < -0.3 is 4.74 Å². The summed E-state index contributed by atoms with van der Waals surface area (Å²) >= 11 is 0. The SMILES string of the molecule is COc1ccc2c(c1)c1ccccc1c1c3c(F)c(F)c(F)c(F)c3c3c(F)c(F)c(F)c(F)c3c21. The van der Waals surface area contributed by atoms with Crippen LogP contribution in [0.4, 0.5) is 35.1 Å². The Morgan fingerprint density at radius 3 is 1.25 bits per heavy atom. The Labute approximate surface area is 196 Å². The maximum atomic E-state index is 15.4. The monoisotopic (exact) mass is 502 g/mol. The molecule has 0 heterocycles. The Balaban J connectivity index is 2.17. The van der Waals surface area contributed by atoms with Crippen molar-refractivity contribution in [3.05, 3.63) is 89.0 Å². The minimum atomic E-state index is -2.31. The molecule has 0 fully saturated rings. The molecule has 6 aromatic carbocycles. The molecule has 0 radical (unpaired) electrons. The molecule has 6 rings (SSSR count). The van der Waals surface area contributed by atoms with E-state index in [2.05, 4.69) is 0 Å². The molecule has 0 amide bonds. The van der Waals surface area contributed by atoms with Gasteiger partial charge in [-0.2, -0.15) is 0 Å². The van der Waals surface area contributed by atoms with Gasteiger partial charge in [0.05, 0.1) is 7.11 Å². The highest BCUT2D eigenvalue weighted by molar-refractivity contribution is 6.39. The van der Waals surface area contributed by atoms with Crippen molar-refractivity contribution in [3.8, 4) is 5.75 Å². The van der Waals surface area contributed by atoms with E-state index in [1.165, 1.54) is 37.4 Å². The lowest BCUT2D eigenvalue weighted by Gasteiger charge is -2.19. The first-order chi connectivity index (χ1) is 17.2. The van der Waals surface area contributed by atoms with E-state index in [0.717, 1.165) is 0 Å². The molecule has 36 heavy (non-hydrogen) atoms. The number of benzene rings is 6. The van der Waals surface area contributed by atoms with Crippen molar-refractivity contribution in [1.82, 2.24) is 0 Å². The molecule has 0 unspecified atom stereocenters. The van der Waals surface area contributed by atoms with Crippen molar-refractivity contribution in [3.63, 3.8) is 0 Å². The van der Waals surface area contributed by atoms with Crippen LogP contribution >= 0.6 is 0 Å². The van der Waals surface area contributed by atoms with E-state index in [-0.39, 0.29) is 21.5 Å². The first-order valence-electron chi connectivity index (χ1n) is 10.4. The van der Waals surface area contributed by atoms with Gasteiger partial charge in [-0.25, -0.2) is 35.1 Å². The number of rotatable bonds is 1. The van der Waals surface area contributed by atoms with Crippen molar-refractivity contribution in [2.75, 3.05) is 7.11 Å². The maximum Gasteiger partial charge on any atom is 0.198 e. The molecular formula is C27H10F8O. The molecule has 0 aliphatic heterocycles. The van der Waals surface area contributed by atoms with Crippen LogP contribution in [0.1, 0.15) is 0 Å². The van der Waals surface area contributed by atoms with Crippen molar-refractivity contribution in [2.45, 2.75) is 0 Å². The minimum Gasteiger partial charge on any atom is -0.497 e. The summed E-state index contributed by atoms with van der Waals surface area (Å²) in [4.78, 5) is 0. The van der Waals surface area contributed by atoms with Crippen LogP contribution in [0.25, 0.3) is 53.9 Å². The summed E-state index contributed by atoms with van der Waals surface area (Å²) in [5.74, 6) is -16.6. The van der Waals surface area contributed by atoms with Crippen LogP contribution in [0.15, 0.2) is 42.5 Å². The van der Waals surface area contributed by atoms with Gasteiger partial charge in [-0.15, -0.1) is 0 Å². The number of ether oxygens (including phenoxy) is 1. The van der Waals surface area contributed by atoms with Crippen LogP contribution < -0.4 is 4.74 Å². The summed E-state index contributed by atoms with van der Waals surface area (Å²) in [6, 6.07) is 10.5. The van der Waals surface area contributed by atoms with Crippen molar-refractivity contribution >= 4 is 53.9 Å². The standard InChI is InChI=1S/C27H10F8O/c1-36-9-6-7-12-13(8-9)10-4-2-3-5-11(10)14-15(12)17-19(23(31)27(35)25(33)21(17)29)18-16(14)20(28)24(32)26(34)22(18)30/h2-8H,1H3. The molecule has 180 valence electrons. The van der Waals surface area contributed by atoms with E-state index < -0.39 is 68.1 Å². The molecule has 6 aromatic rings. The minimum absolute atomic E-state index is 0.102. The normalized spacial score (nSPS) is 12.0. The van der Waals surface area contributed by atoms with Crippen LogP contribution in [0.5, 0.6) is 5.75 Å². The van der Waals surface area contributed by atoms with Gasteiger partial charge in [0.1, 0.15) is 5.75 Å². The first-order valence-corrected chi connectivity index (χ1v) is 10.4. The van der Waals surface area contributed by atoms with E-state index in [1.807, 2.05) is 0 Å². The molecule has 0 aromatic heterocycles. The molecule has 9 heteroatoms. The number of halogens is 8. The predicted molar refractivity (Wildman–Crippen MR) is 120 cm³/mol. The van der Waals surface area contributed by atoms with Gasteiger partial charge in [-0.1, -0.05) is 30.3 Å². The number of fused-ring (bicyclic) bond motifs is 11. The van der Waals surface area contributed by atoms with E-state index in [4.69, 9.17) is 4.74 Å². The predicted octanol–water partition coefficient (Wildman–Crippen LogP) is 8.57. The molecule has 0 aliphatic rings. The van der Waals surface area contributed by atoms with Crippen LogP contribution in [0.3, 0.4) is 0 Å². The van der Waals surface area contributed by atoms with Crippen molar-refractivity contribution in [1.29, 1.82) is 0 Å². The topological polar surface area (TPSA) is 9.23 Å². The van der Waals surface area contributed by atoms with Crippen LogP contribution in [0.2, 0.25) is 0 Å². The lowest BCUT2D eigenvalue weighted by atomic mass is 9.86. The average Bonchev–Trinajstić information content (AvgIpc) is 2.90. The number of methoxy groups -OCH3 is 1. The molecule has 1 nitrogen and oxygen atoms in total. The fourth-order valence-corrected chi connectivity index (χ4v) is 5.02. The third-order valence-corrected chi connectivity index (χ3v) is 6.52. The van der Waals surface area contributed by atoms with Crippen molar-refractivity contribution in [2.24, 2.45) is 0 Å². The Bertz CT molecular complexity index is 1960. The fraction of sp³-hybridized carbons (Fsp3) is 0.0370. The second-order valence-corrected chi connectivity index (χ2v) is 8.22. The first kappa shape index (κ1) is 22.3. The molecule has 0 N–H and O–H groups in total. The average molecular weight is 502 g/mol. The summed E-state index contributed by atoms with van der Waals surface area (Å²) in [5.41, 5.74) is 0. The zero-order valence-corrected chi connectivity index (χ0v) is 18.0. The van der Waals surface area contributed by atoms with Gasteiger partial charge in [0.25, 0.3) is 0 Å². The highest BCUT2D eigenvalue weighted by atomic mass is 19.2. The molecule has 0 spiro atoms. The largest absolute Gasteiger partial charge is 0.497 e. The van der Waals surface area contributed by atoms with Gasteiger partial charge in [0.2, 0.25) is 0 Å². The van der Waals surface area contributed by atoms with E-state index in [0.29, 0.717) is 16.5 Å². The van der Waals surface area contributed by atoms with Gasteiger partial charge in [-0.05, 0) is 33.7 Å². The quantitative estimate of drug-likeness (QED) is 0.0947. The van der Waals surface area contributed by atoms with Gasteiger partial charge in [0, 0.05) is 32.3 Å². The van der Waals surface area contributed by atoms with E-state index >= 15 is 17.6 Å². The molecule has 0 atom stereocenters. The third-order valence-electron chi connectivity index (χ3n) is 6.52. The fourth-order valence-electron chi connectivity index (χ4n) is 5.02. The van der Waals surface area contributed by atoms with Gasteiger partial charge >= 0.3 is 0 Å². The highest BCUT2D eigenvalue weighted by Gasteiger charge is 2.32. The molecular weight excluding hydrogens is 492 g/mol. The zero-order valence-electron chi connectivity index (χ0n) is 18.0. The van der Waals surface area contributed by atoms with Gasteiger partial charge in [-0.3, -0.25) is 0 Å². The number of hydrogen-bond donors (Lipinski definition) is 0. The van der Waals surface area contributed by atoms with Crippen LogP contribution in [0, 0.1) is 46.5 Å². The zero-order chi connectivity index (χ0) is 25.6. The molecule has 0 saturated heterocycles. The Hall–Kier alpha value is -4.14. The number of hydrogen-bond acceptors (Lipinski definition) is 1. The lowest BCUT2D eigenvalue weighted by Crippen LogP contribution is -2.05. The van der Waals surface area contributed by atoms with Crippen LogP contribution in [-0.4, -0.2) is 7.11 Å².